The summed E-state index contributed by atoms with van der Waals surface area (Å²) in [5.74, 6) is -2.19. The van der Waals surface area contributed by atoms with Gasteiger partial charge in [0.2, 0.25) is 5.60 Å². The van der Waals surface area contributed by atoms with E-state index in [4.69, 9.17) is 15.3 Å². The van der Waals surface area contributed by atoms with Crippen LogP contribution in [0.5, 0.6) is 5.75 Å². The predicted molar refractivity (Wildman–Crippen MR) is 221 cm³/mol. The first-order valence-corrected chi connectivity index (χ1v) is 20.1. The second kappa shape index (κ2) is 16.0. The number of carboxylic acids is 1. The van der Waals surface area contributed by atoms with Crippen molar-refractivity contribution in [1.29, 1.82) is 0 Å². The monoisotopic (exact) mass is 812 g/mol. The summed E-state index contributed by atoms with van der Waals surface area (Å²) in [5, 5.41) is 18.7. The molecule has 0 radical (unpaired) electrons. The van der Waals surface area contributed by atoms with Crippen molar-refractivity contribution in [1.82, 2.24) is 15.2 Å². The molecule has 8 rings (SSSR count). The second-order valence-electron chi connectivity index (χ2n) is 13.5. The number of rotatable bonds is 12. The number of β-lactam (4-membered cyclic amide) rings is 1. The van der Waals surface area contributed by atoms with Crippen molar-refractivity contribution in [3.63, 3.8) is 0 Å². The number of carbonyl (C=O) groups is 4. The molecule has 2 atom stereocenters. The summed E-state index contributed by atoms with van der Waals surface area (Å²) < 4.78 is 5.31. The van der Waals surface area contributed by atoms with Crippen LogP contribution < -0.4 is 20.7 Å². The number of carboxylic acid groups (broad SMARTS) is 1. The minimum absolute atomic E-state index is 0.132. The Labute approximate surface area is 341 Å². The summed E-state index contributed by atoms with van der Waals surface area (Å²) in [6.07, 6.45) is 1.96. The molecule has 0 unspecified atom stereocenters. The van der Waals surface area contributed by atoms with E-state index in [2.05, 4.69) is 15.5 Å². The zero-order valence-corrected chi connectivity index (χ0v) is 32.6. The summed E-state index contributed by atoms with van der Waals surface area (Å²) in [4.78, 5) is 68.0. The van der Waals surface area contributed by atoms with E-state index < -0.39 is 34.8 Å². The van der Waals surface area contributed by atoms with Crippen LogP contribution in [0.2, 0.25) is 0 Å². The molecule has 3 aliphatic rings. The number of hydrogen-bond donors (Lipinski definition) is 3. The van der Waals surface area contributed by atoms with Gasteiger partial charge in [-0.05, 0) is 30.2 Å². The van der Waals surface area contributed by atoms with Gasteiger partial charge in [-0.1, -0.05) is 102 Å². The van der Waals surface area contributed by atoms with Gasteiger partial charge in [-0.25, -0.2) is 9.78 Å². The number of allylic oxidation sites excluding steroid dienone is 1. The van der Waals surface area contributed by atoms with Crippen molar-refractivity contribution in [2.45, 2.75) is 23.4 Å². The molecule has 2 fully saturated rings. The lowest BCUT2D eigenvalue weighted by Crippen LogP contribution is -2.71. The highest BCUT2D eigenvalue weighted by Crippen LogP contribution is 2.43. The third-order valence-corrected chi connectivity index (χ3v) is 12.1. The Balaban J connectivity index is 1.09. The van der Waals surface area contributed by atoms with Crippen LogP contribution in [0.4, 0.5) is 10.8 Å². The van der Waals surface area contributed by atoms with Crippen LogP contribution in [0, 0.1) is 0 Å². The Kier molecular flexibility index (Phi) is 10.6. The zero-order valence-electron chi connectivity index (χ0n) is 31.0. The molecule has 4 N–H and O–H groups in total. The van der Waals surface area contributed by atoms with Crippen LogP contribution in [0.15, 0.2) is 149 Å². The standard InChI is InChI=1S/C43H36N6O7S2/c1-55-32-19-11-18-31(23-32)48-21-20-26(38(48)51)22-27-24-57-40-35(39(52)49(40)36(27)41(53)54)46-37(50)34(33-25-58-42(44)45-33)47-56-43(28-12-5-2-6-13-28,29-14-7-3-8-15-29)30-16-9-4-10-17-30/h2-19,22-23,25,35,40H,20-21,24H2,1H3,(H2,44,45)(H,46,50)(H,53,54)/t35-,40-/m1/s1. The van der Waals surface area contributed by atoms with Gasteiger partial charge in [0.15, 0.2) is 10.8 Å². The molecule has 13 nitrogen and oxygen atoms in total. The van der Waals surface area contributed by atoms with Gasteiger partial charge >= 0.3 is 5.97 Å². The summed E-state index contributed by atoms with van der Waals surface area (Å²) in [7, 11) is 1.55. The maximum Gasteiger partial charge on any atom is 0.352 e. The molecule has 0 saturated carbocycles. The Morgan fingerprint density at radius 1 is 0.948 bits per heavy atom. The molecule has 0 bridgehead atoms. The largest absolute Gasteiger partial charge is 0.497 e. The summed E-state index contributed by atoms with van der Waals surface area (Å²) in [5.41, 5.74) is 7.99. The van der Waals surface area contributed by atoms with Gasteiger partial charge in [-0.3, -0.25) is 19.3 Å². The molecule has 4 aromatic carbocycles. The van der Waals surface area contributed by atoms with E-state index in [0.29, 0.717) is 35.5 Å². The summed E-state index contributed by atoms with van der Waals surface area (Å²) in [6, 6.07) is 34.5. The molecule has 5 aromatic rings. The average molecular weight is 813 g/mol. The summed E-state index contributed by atoms with van der Waals surface area (Å²) >= 11 is 2.39. The fraction of sp³-hybridized carbons (Fsp3) is 0.163. The van der Waals surface area contributed by atoms with Crippen molar-refractivity contribution in [3.05, 3.63) is 166 Å². The van der Waals surface area contributed by atoms with Crippen molar-refractivity contribution in [2.24, 2.45) is 5.16 Å². The van der Waals surface area contributed by atoms with Crippen molar-refractivity contribution in [3.8, 4) is 5.75 Å². The molecule has 58 heavy (non-hydrogen) atoms. The number of oxime groups is 1. The number of aliphatic carboxylic acids is 1. The topological polar surface area (TPSA) is 177 Å². The van der Waals surface area contributed by atoms with Crippen LogP contribution in [0.1, 0.15) is 28.8 Å². The van der Waals surface area contributed by atoms with E-state index in [1.54, 1.807) is 47.7 Å². The molecular formula is C43H36N6O7S2. The third kappa shape index (κ3) is 6.98. The van der Waals surface area contributed by atoms with Crippen LogP contribution in [0.25, 0.3) is 0 Å². The number of hydrogen-bond acceptors (Lipinski definition) is 11. The van der Waals surface area contributed by atoms with Crippen molar-refractivity contribution < 1.29 is 33.9 Å². The normalized spacial score (nSPS) is 18.8. The second-order valence-corrected chi connectivity index (χ2v) is 15.5. The number of benzene rings is 4. The number of nitrogens with zero attached hydrogens (tertiary/aromatic N) is 4. The molecule has 3 aliphatic heterocycles. The molecule has 0 spiro atoms. The van der Waals surface area contributed by atoms with Crippen LogP contribution in [0.3, 0.4) is 0 Å². The molecule has 15 heteroatoms. The van der Waals surface area contributed by atoms with E-state index in [1.165, 1.54) is 11.8 Å². The minimum Gasteiger partial charge on any atom is -0.497 e. The van der Waals surface area contributed by atoms with Gasteiger partial charge in [-0.15, -0.1) is 23.1 Å². The number of thioether (sulfide) groups is 1. The first-order chi connectivity index (χ1) is 28.2. The fourth-order valence-electron chi connectivity index (χ4n) is 7.34. The lowest BCUT2D eigenvalue weighted by molar-refractivity contribution is -0.150. The van der Waals surface area contributed by atoms with E-state index in [-0.39, 0.29) is 33.9 Å². The van der Waals surface area contributed by atoms with Gasteiger partial charge in [0.1, 0.15) is 28.6 Å². The number of carbonyl (C=O) groups excluding carboxylic acids is 3. The summed E-state index contributed by atoms with van der Waals surface area (Å²) in [6.45, 7) is 0.404. The SMILES string of the molecule is COc1cccc(N2CCC(=CC3=C(C(=O)O)N4C(=O)[C@@H](NC(=O)C(=NOC(c5ccccc5)(c5ccccc5)c5ccccc5)c5csc(N)n5)[C@H]4SC3)C2=O)c1. The Bertz CT molecular complexity index is 2390. The van der Waals surface area contributed by atoms with Crippen LogP contribution in [-0.2, 0) is 29.6 Å². The first-order valence-electron chi connectivity index (χ1n) is 18.2. The van der Waals surface area contributed by atoms with Gasteiger partial charge in [-0.2, -0.15) is 0 Å². The van der Waals surface area contributed by atoms with Gasteiger partial charge in [0.05, 0.1) is 7.11 Å². The van der Waals surface area contributed by atoms with E-state index >= 15 is 0 Å². The molecule has 2 saturated heterocycles. The lowest BCUT2D eigenvalue weighted by atomic mass is 9.80. The molecule has 1 aromatic heterocycles. The highest BCUT2D eigenvalue weighted by molar-refractivity contribution is 8.00. The Morgan fingerprint density at radius 2 is 1.59 bits per heavy atom. The number of fused-ring (bicyclic) bond motifs is 1. The Morgan fingerprint density at radius 3 is 2.16 bits per heavy atom. The van der Waals surface area contributed by atoms with Gasteiger partial charge in [0, 0.05) is 51.7 Å². The average Bonchev–Trinajstić information content (AvgIpc) is 3.86. The number of methoxy groups -OCH3 is 1. The smallest absolute Gasteiger partial charge is 0.352 e. The fourth-order valence-corrected chi connectivity index (χ4v) is 9.19. The molecule has 292 valence electrons. The molecule has 4 heterocycles. The van der Waals surface area contributed by atoms with Crippen molar-refractivity contribution >= 4 is 63.3 Å². The molecule has 0 aliphatic carbocycles. The minimum atomic E-state index is -1.32. The van der Waals surface area contributed by atoms with Crippen LogP contribution in [-0.4, -0.2) is 75.2 Å². The number of nitrogens with two attached hydrogens (primary N) is 1. The number of anilines is 2. The number of thiazole rings is 1. The zero-order chi connectivity index (χ0) is 40.4. The highest BCUT2D eigenvalue weighted by Gasteiger charge is 2.54. The quantitative estimate of drug-likeness (QED) is 0.0476. The van der Waals surface area contributed by atoms with Gasteiger partial charge < -0.3 is 30.6 Å². The number of ether oxygens (including phenoxy) is 1. The maximum atomic E-state index is 14.3. The first kappa shape index (κ1) is 38.2. The van der Waals surface area contributed by atoms with Crippen LogP contribution >= 0.6 is 23.1 Å². The van der Waals surface area contributed by atoms with Gasteiger partial charge in [0.25, 0.3) is 17.7 Å². The number of nitrogens with one attached hydrogen (secondary N) is 1. The third-order valence-electron chi connectivity index (χ3n) is 10.1. The maximum absolute atomic E-state index is 14.3. The molecular weight excluding hydrogens is 777 g/mol. The van der Waals surface area contributed by atoms with E-state index in [9.17, 15) is 24.3 Å². The number of amides is 3. The number of nitrogen functional groups attached to an aromatic ring is 1. The predicted octanol–water partition coefficient (Wildman–Crippen LogP) is 5.55. The molecule has 3 amide bonds. The van der Waals surface area contributed by atoms with E-state index in [1.807, 2.05) is 91.0 Å². The Hall–Kier alpha value is -6.71. The lowest BCUT2D eigenvalue weighted by Gasteiger charge is -2.49. The van der Waals surface area contributed by atoms with E-state index in [0.717, 1.165) is 32.9 Å². The number of aromatic nitrogens is 1. The van der Waals surface area contributed by atoms with Crippen molar-refractivity contribution in [2.75, 3.05) is 30.0 Å². The highest BCUT2D eigenvalue weighted by atomic mass is 32.2.